The van der Waals surface area contributed by atoms with Crippen molar-refractivity contribution in [2.24, 2.45) is 0 Å². The lowest BCUT2D eigenvalue weighted by Gasteiger charge is -2.14. The van der Waals surface area contributed by atoms with E-state index in [1.807, 2.05) is 13.0 Å². The number of fused-ring (bicyclic) bond motifs is 1. The Morgan fingerprint density at radius 2 is 2.00 bits per heavy atom. The molecule has 0 radical (unpaired) electrons. The molecule has 0 fully saturated rings. The molecular formula is C19H20FN5. The van der Waals surface area contributed by atoms with Gasteiger partial charge in [0, 0.05) is 36.1 Å². The van der Waals surface area contributed by atoms with E-state index in [2.05, 4.69) is 20.0 Å². The Kier molecular flexibility index (Phi) is 4.17. The largest absolute Gasteiger partial charge is 0.354 e. The van der Waals surface area contributed by atoms with Gasteiger partial charge in [-0.15, -0.1) is 0 Å². The number of halogens is 1. The van der Waals surface area contributed by atoms with Gasteiger partial charge in [0.25, 0.3) is 0 Å². The second-order valence-electron chi connectivity index (χ2n) is 6.15. The van der Waals surface area contributed by atoms with Crippen LogP contribution in [0.1, 0.15) is 25.5 Å². The summed E-state index contributed by atoms with van der Waals surface area (Å²) in [5.41, 5.74) is 4.85. The smallest absolute Gasteiger partial charge is 0.223 e. The third-order valence-electron chi connectivity index (χ3n) is 4.46. The minimum absolute atomic E-state index is 0.245. The molecule has 25 heavy (non-hydrogen) atoms. The molecule has 1 aliphatic heterocycles. The number of aromatic nitrogens is 4. The SMILES string of the molecule is CCNc1nccc(-c2c(-c3ccc(F)cc3)nn3c2CCCC3)n1. The number of hydrogen-bond donors (Lipinski definition) is 1. The molecular weight excluding hydrogens is 317 g/mol. The van der Waals surface area contributed by atoms with Crippen molar-refractivity contribution in [3.63, 3.8) is 0 Å². The van der Waals surface area contributed by atoms with E-state index in [1.54, 1.807) is 18.3 Å². The average molecular weight is 337 g/mol. The number of anilines is 1. The molecule has 1 aliphatic rings. The van der Waals surface area contributed by atoms with E-state index in [1.165, 1.54) is 17.8 Å². The molecule has 6 heteroatoms. The Labute approximate surface area is 145 Å². The van der Waals surface area contributed by atoms with Crippen LogP contribution in [-0.2, 0) is 13.0 Å². The fraction of sp³-hybridized carbons (Fsp3) is 0.316. The maximum absolute atomic E-state index is 13.3. The van der Waals surface area contributed by atoms with E-state index in [9.17, 15) is 4.39 Å². The standard InChI is InChI=1S/C19H20FN5/c1-2-21-19-22-11-10-15(23-19)17-16-5-3-4-12-25(16)24-18(17)13-6-8-14(20)9-7-13/h6-11H,2-5,12H2,1H3,(H,21,22,23). The van der Waals surface area contributed by atoms with Gasteiger partial charge in [-0.1, -0.05) is 0 Å². The fourth-order valence-electron chi connectivity index (χ4n) is 3.31. The van der Waals surface area contributed by atoms with E-state index >= 15 is 0 Å². The first kappa shape index (κ1) is 15.7. The van der Waals surface area contributed by atoms with Gasteiger partial charge in [0.1, 0.15) is 11.5 Å². The van der Waals surface area contributed by atoms with Gasteiger partial charge >= 0.3 is 0 Å². The summed E-state index contributed by atoms with van der Waals surface area (Å²) in [7, 11) is 0. The van der Waals surface area contributed by atoms with Crippen molar-refractivity contribution >= 4 is 5.95 Å². The number of benzene rings is 1. The topological polar surface area (TPSA) is 55.6 Å². The van der Waals surface area contributed by atoms with E-state index in [-0.39, 0.29) is 5.82 Å². The van der Waals surface area contributed by atoms with Crippen molar-refractivity contribution in [3.05, 3.63) is 48.0 Å². The lowest BCUT2D eigenvalue weighted by atomic mass is 9.99. The van der Waals surface area contributed by atoms with Gasteiger partial charge in [-0.05, 0) is 56.5 Å². The van der Waals surface area contributed by atoms with Gasteiger partial charge < -0.3 is 5.32 Å². The molecule has 3 aromatic rings. The highest BCUT2D eigenvalue weighted by molar-refractivity contribution is 5.81. The van der Waals surface area contributed by atoms with Crippen molar-refractivity contribution < 1.29 is 4.39 Å². The number of nitrogens with one attached hydrogen (secondary N) is 1. The molecule has 0 saturated heterocycles. The third-order valence-corrected chi connectivity index (χ3v) is 4.46. The van der Waals surface area contributed by atoms with Gasteiger partial charge in [0.15, 0.2) is 0 Å². The minimum Gasteiger partial charge on any atom is -0.354 e. The summed E-state index contributed by atoms with van der Waals surface area (Å²) in [4.78, 5) is 8.93. The first-order valence-corrected chi connectivity index (χ1v) is 8.69. The molecule has 0 spiro atoms. The lowest BCUT2D eigenvalue weighted by Crippen LogP contribution is -2.11. The molecule has 2 aromatic heterocycles. The monoisotopic (exact) mass is 337 g/mol. The zero-order valence-electron chi connectivity index (χ0n) is 14.2. The zero-order chi connectivity index (χ0) is 17.2. The van der Waals surface area contributed by atoms with Gasteiger partial charge in [-0.25, -0.2) is 14.4 Å². The van der Waals surface area contributed by atoms with Crippen LogP contribution >= 0.6 is 0 Å². The molecule has 0 saturated carbocycles. The first-order valence-electron chi connectivity index (χ1n) is 8.69. The van der Waals surface area contributed by atoms with E-state index < -0.39 is 0 Å². The zero-order valence-corrected chi connectivity index (χ0v) is 14.2. The minimum atomic E-state index is -0.245. The molecule has 1 N–H and O–H groups in total. The first-order chi connectivity index (χ1) is 12.3. The van der Waals surface area contributed by atoms with Gasteiger partial charge in [-0.3, -0.25) is 4.68 Å². The Morgan fingerprint density at radius 1 is 1.16 bits per heavy atom. The number of nitrogens with zero attached hydrogens (tertiary/aromatic N) is 4. The third kappa shape index (κ3) is 2.99. The lowest BCUT2D eigenvalue weighted by molar-refractivity contribution is 0.487. The number of aryl methyl sites for hydroxylation is 1. The summed E-state index contributed by atoms with van der Waals surface area (Å²) in [5.74, 6) is 0.367. The van der Waals surface area contributed by atoms with Crippen molar-refractivity contribution in [2.75, 3.05) is 11.9 Å². The molecule has 0 aliphatic carbocycles. The van der Waals surface area contributed by atoms with E-state index in [0.717, 1.165) is 54.9 Å². The number of hydrogen-bond acceptors (Lipinski definition) is 4. The van der Waals surface area contributed by atoms with E-state index in [0.29, 0.717) is 5.95 Å². The van der Waals surface area contributed by atoms with Crippen LogP contribution in [0.25, 0.3) is 22.5 Å². The number of rotatable bonds is 4. The highest BCUT2D eigenvalue weighted by Gasteiger charge is 2.23. The Hall–Kier alpha value is -2.76. The molecule has 1 aromatic carbocycles. The van der Waals surface area contributed by atoms with E-state index in [4.69, 9.17) is 5.10 Å². The van der Waals surface area contributed by atoms with Crippen LogP contribution in [0, 0.1) is 5.82 Å². The van der Waals surface area contributed by atoms with Crippen molar-refractivity contribution in [1.29, 1.82) is 0 Å². The molecule has 4 rings (SSSR count). The molecule has 128 valence electrons. The van der Waals surface area contributed by atoms with Gasteiger partial charge in [-0.2, -0.15) is 5.10 Å². The summed E-state index contributed by atoms with van der Waals surface area (Å²) < 4.78 is 15.4. The molecule has 0 amide bonds. The summed E-state index contributed by atoms with van der Waals surface area (Å²) in [5, 5.41) is 7.97. The second-order valence-corrected chi connectivity index (χ2v) is 6.15. The summed E-state index contributed by atoms with van der Waals surface area (Å²) in [6.07, 6.45) is 5.02. The maximum atomic E-state index is 13.3. The Balaban J connectivity index is 1.89. The van der Waals surface area contributed by atoms with Crippen LogP contribution in [0.5, 0.6) is 0 Å². The summed E-state index contributed by atoms with van der Waals surface area (Å²) in [6, 6.07) is 8.42. The molecule has 0 unspecified atom stereocenters. The average Bonchev–Trinajstić information content (AvgIpc) is 3.02. The van der Waals surface area contributed by atoms with Crippen molar-refractivity contribution in [2.45, 2.75) is 32.7 Å². The van der Waals surface area contributed by atoms with Gasteiger partial charge in [0.05, 0.1) is 5.69 Å². The van der Waals surface area contributed by atoms with Crippen LogP contribution in [0.3, 0.4) is 0 Å². The summed E-state index contributed by atoms with van der Waals surface area (Å²) in [6.45, 7) is 3.69. The Bertz CT molecular complexity index is 885. The highest BCUT2D eigenvalue weighted by atomic mass is 19.1. The van der Waals surface area contributed by atoms with Crippen molar-refractivity contribution in [1.82, 2.24) is 19.7 Å². The van der Waals surface area contributed by atoms with Crippen LogP contribution in [0.2, 0.25) is 0 Å². The quantitative estimate of drug-likeness (QED) is 0.784. The summed E-state index contributed by atoms with van der Waals surface area (Å²) >= 11 is 0. The normalized spacial score (nSPS) is 13.5. The molecule has 3 heterocycles. The van der Waals surface area contributed by atoms with Gasteiger partial charge in [0.2, 0.25) is 5.95 Å². The van der Waals surface area contributed by atoms with Crippen molar-refractivity contribution in [3.8, 4) is 22.5 Å². The molecule has 0 atom stereocenters. The fourth-order valence-corrected chi connectivity index (χ4v) is 3.31. The maximum Gasteiger partial charge on any atom is 0.223 e. The predicted octanol–water partition coefficient (Wildman–Crippen LogP) is 3.91. The Morgan fingerprint density at radius 3 is 2.80 bits per heavy atom. The van der Waals surface area contributed by atoms with Crippen LogP contribution < -0.4 is 5.32 Å². The second kappa shape index (κ2) is 6.63. The van der Waals surface area contributed by atoms with Crippen LogP contribution in [0.15, 0.2) is 36.5 Å². The molecule has 5 nitrogen and oxygen atoms in total. The van der Waals surface area contributed by atoms with Crippen LogP contribution in [0.4, 0.5) is 10.3 Å². The highest BCUT2D eigenvalue weighted by Crippen LogP contribution is 2.36. The molecule has 0 bridgehead atoms. The predicted molar refractivity (Wildman–Crippen MR) is 95.7 cm³/mol. The van der Waals surface area contributed by atoms with Crippen LogP contribution in [-0.4, -0.2) is 26.3 Å².